The van der Waals surface area contributed by atoms with Crippen LogP contribution in [0.4, 0.5) is 4.79 Å². The van der Waals surface area contributed by atoms with Crippen LogP contribution in [0.15, 0.2) is 29.5 Å². The van der Waals surface area contributed by atoms with Crippen molar-refractivity contribution in [2.75, 3.05) is 41.0 Å². The lowest BCUT2D eigenvalue weighted by atomic mass is 9.91. The van der Waals surface area contributed by atoms with Crippen LogP contribution < -0.4 is 25.0 Å². The minimum Gasteiger partial charge on any atom is -0.493 e. The van der Waals surface area contributed by atoms with E-state index < -0.39 is 12.0 Å². The molecule has 8 nitrogen and oxygen atoms in total. The van der Waals surface area contributed by atoms with Crippen LogP contribution >= 0.6 is 0 Å². The molecule has 30 heavy (non-hydrogen) atoms. The normalized spacial score (nSPS) is 26.5. The number of esters is 1. The van der Waals surface area contributed by atoms with Crippen LogP contribution in [0.1, 0.15) is 31.9 Å². The molecular formula is C22H32N3O5+. The lowest BCUT2D eigenvalue weighted by Gasteiger charge is -2.35. The van der Waals surface area contributed by atoms with E-state index in [-0.39, 0.29) is 6.03 Å². The molecule has 1 saturated heterocycles. The predicted octanol–water partition coefficient (Wildman–Crippen LogP) is 1.05. The van der Waals surface area contributed by atoms with E-state index in [4.69, 9.17) is 14.2 Å². The van der Waals surface area contributed by atoms with Crippen molar-refractivity contribution < 1.29 is 28.7 Å². The Morgan fingerprint density at radius 3 is 2.37 bits per heavy atom. The van der Waals surface area contributed by atoms with Crippen molar-refractivity contribution in [3.8, 4) is 11.5 Å². The average Bonchev–Trinajstić information content (AvgIpc) is 2.71. The summed E-state index contributed by atoms with van der Waals surface area (Å²) in [7, 11) is 4.46. The molecule has 2 aliphatic rings. The Hall–Kier alpha value is -2.74. The number of methoxy groups -OCH3 is 3. The maximum absolute atomic E-state index is 12.8. The van der Waals surface area contributed by atoms with E-state index in [2.05, 4.69) is 24.5 Å². The second kappa shape index (κ2) is 9.38. The minimum absolute atomic E-state index is 0.338. The maximum atomic E-state index is 12.8. The molecule has 3 atom stereocenters. The second-order valence-electron chi connectivity index (χ2n) is 8.31. The van der Waals surface area contributed by atoms with Gasteiger partial charge in [-0.25, -0.2) is 9.59 Å². The monoisotopic (exact) mass is 418 g/mol. The number of likely N-dealkylation sites (tertiary alicyclic amines) is 1. The summed E-state index contributed by atoms with van der Waals surface area (Å²) in [5.41, 5.74) is 1.75. The van der Waals surface area contributed by atoms with Crippen molar-refractivity contribution >= 4 is 12.0 Å². The molecule has 3 N–H and O–H groups in total. The zero-order valence-corrected chi connectivity index (χ0v) is 18.3. The number of rotatable bonds is 6. The standard InChI is InChI=1S/C22H31N3O5/c1-13-8-14(2)11-25(10-13)12-16-19(21(26)30-5)20(24-22(27)23-16)15-6-7-17(28-3)18(9-15)29-4/h6-7,9,13-14,20H,8,10-12H2,1-5H3,(H2,23,24,27)/p+1/t13-,14-,20+/m1/s1. The highest BCUT2D eigenvalue weighted by molar-refractivity contribution is 5.95. The third-order valence-corrected chi connectivity index (χ3v) is 5.81. The number of carbonyl (C=O) groups is 2. The Labute approximate surface area is 177 Å². The molecule has 0 bridgehead atoms. The molecule has 0 spiro atoms. The van der Waals surface area contributed by atoms with Crippen LogP contribution in [0, 0.1) is 11.8 Å². The van der Waals surface area contributed by atoms with Gasteiger partial charge in [0.2, 0.25) is 0 Å². The third-order valence-electron chi connectivity index (χ3n) is 5.81. The molecule has 3 rings (SSSR count). The molecule has 0 aromatic heterocycles. The van der Waals surface area contributed by atoms with Crippen LogP contribution in [0.5, 0.6) is 11.5 Å². The number of quaternary nitrogens is 1. The number of amides is 2. The van der Waals surface area contributed by atoms with Crippen molar-refractivity contribution in [1.29, 1.82) is 0 Å². The van der Waals surface area contributed by atoms with Crippen molar-refractivity contribution in [2.45, 2.75) is 26.3 Å². The number of piperidine rings is 1. The Morgan fingerprint density at radius 2 is 1.77 bits per heavy atom. The molecule has 8 heteroatoms. The molecule has 0 saturated carbocycles. The van der Waals surface area contributed by atoms with Crippen molar-refractivity contribution in [2.24, 2.45) is 11.8 Å². The highest BCUT2D eigenvalue weighted by atomic mass is 16.5. The van der Waals surface area contributed by atoms with Gasteiger partial charge in [-0.15, -0.1) is 0 Å². The van der Waals surface area contributed by atoms with E-state index in [9.17, 15) is 9.59 Å². The van der Waals surface area contributed by atoms with Crippen LogP contribution in [-0.4, -0.2) is 53.0 Å². The summed E-state index contributed by atoms with van der Waals surface area (Å²) >= 11 is 0. The number of ether oxygens (including phenoxy) is 3. The van der Waals surface area contributed by atoms with Gasteiger partial charge in [0.05, 0.1) is 51.7 Å². The summed E-state index contributed by atoms with van der Waals surface area (Å²) in [6.45, 7) is 7.08. The average molecular weight is 419 g/mol. The van der Waals surface area contributed by atoms with Gasteiger partial charge in [-0.05, 0) is 24.1 Å². The third kappa shape index (κ3) is 4.70. The molecule has 2 heterocycles. The smallest absolute Gasteiger partial charge is 0.338 e. The first kappa shape index (κ1) is 22.0. The molecule has 164 valence electrons. The summed E-state index contributed by atoms with van der Waals surface area (Å²) < 4.78 is 15.8. The summed E-state index contributed by atoms with van der Waals surface area (Å²) in [6.07, 6.45) is 1.20. The molecular weight excluding hydrogens is 386 g/mol. The van der Waals surface area contributed by atoms with E-state index in [1.54, 1.807) is 26.4 Å². The SMILES string of the molecule is COC(=O)C1=C(C[NH+]2C[C@H](C)C[C@@H](C)C2)NC(=O)N[C@H]1c1ccc(OC)c(OC)c1. The van der Waals surface area contributed by atoms with Gasteiger partial charge in [-0.3, -0.25) is 0 Å². The summed E-state index contributed by atoms with van der Waals surface area (Å²) in [4.78, 5) is 26.6. The molecule has 2 amide bonds. The largest absolute Gasteiger partial charge is 0.493 e. The van der Waals surface area contributed by atoms with Crippen LogP contribution in [-0.2, 0) is 9.53 Å². The molecule has 1 fully saturated rings. The van der Waals surface area contributed by atoms with Crippen LogP contribution in [0.25, 0.3) is 0 Å². The highest BCUT2D eigenvalue weighted by Crippen LogP contribution is 2.34. The van der Waals surface area contributed by atoms with Gasteiger partial charge in [0.1, 0.15) is 6.54 Å². The van der Waals surface area contributed by atoms with Crippen molar-refractivity contribution in [3.63, 3.8) is 0 Å². The molecule has 0 unspecified atom stereocenters. The lowest BCUT2D eigenvalue weighted by Crippen LogP contribution is -3.14. The molecule has 1 aromatic carbocycles. The minimum atomic E-state index is -0.639. The summed E-state index contributed by atoms with van der Waals surface area (Å²) in [5.74, 6) is 1.84. The molecule has 0 aliphatic carbocycles. The number of benzene rings is 1. The van der Waals surface area contributed by atoms with Gasteiger partial charge < -0.3 is 29.7 Å². The quantitative estimate of drug-likeness (QED) is 0.601. The molecule has 0 radical (unpaired) electrons. The van der Waals surface area contributed by atoms with Crippen molar-refractivity contribution in [3.05, 3.63) is 35.0 Å². The zero-order chi connectivity index (χ0) is 21.8. The second-order valence-corrected chi connectivity index (χ2v) is 8.31. The van der Waals surface area contributed by atoms with E-state index in [1.165, 1.54) is 18.4 Å². The van der Waals surface area contributed by atoms with E-state index >= 15 is 0 Å². The Morgan fingerprint density at radius 1 is 1.10 bits per heavy atom. The van der Waals surface area contributed by atoms with Gasteiger partial charge >= 0.3 is 12.0 Å². The fraction of sp³-hybridized carbons (Fsp3) is 0.545. The van der Waals surface area contributed by atoms with Crippen LogP contribution in [0.3, 0.4) is 0 Å². The molecule has 1 aromatic rings. The van der Waals surface area contributed by atoms with E-state index in [0.717, 1.165) is 18.7 Å². The Bertz CT molecular complexity index is 828. The van der Waals surface area contributed by atoms with E-state index in [1.807, 2.05) is 6.07 Å². The topological polar surface area (TPSA) is 90.3 Å². The van der Waals surface area contributed by atoms with Gasteiger partial charge in [-0.2, -0.15) is 0 Å². The maximum Gasteiger partial charge on any atom is 0.338 e. The Kier molecular flexibility index (Phi) is 6.87. The molecule has 2 aliphatic heterocycles. The highest BCUT2D eigenvalue weighted by Gasteiger charge is 2.36. The fourth-order valence-corrected chi connectivity index (χ4v) is 4.71. The zero-order valence-electron chi connectivity index (χ0n) is 18.3. The van der Waals surface area contributed by atoms with E-state index in [0.29, 0.717) is 41.1 Å². The number of carbonyl (C=O) groups excluding carboxylic acids is 2. The first-order valence-corrected chi connectivity index (χ1v) is 10.3. The van der Waals surface area contributed by atoms with Gasteiger partial charge in [-0.1, -0.05) is 19.9 Å². The van der Waals surface area contributed by atoms with Crippen molar-refractivity contribution in [1.82, 2.24) is 10.6 Å². The number of urea groups is 1. The van der Waals surface area contributed by atoms with Gasteiger partial charge in [0.15, 0.2) is 11.5 Å². The predicted molar refractivity (Wildman–Crippen MR) is 112 cm³/mol. The first-order valence-electron chi connectivity index (χ1n) is 10.3. The Balaban J connectivity index is 2.00. The number of nitrogens with one attached hydrogen (secondary N) is 3. The summed E-state index contributed by atoms with van der Waals surface area (Å²) in [5, 5.41) is 5.72. The first-order chi connectivity index (χ1) is 14.4. The lowest BCUT2D eigenvalue weighted by molar-refractivity contribution is -0.907. The van der Waals surface area contributed by atoms with Crippen LogP contribution in [0.2, 0.25) is 0 Å². The summed E-state index contributed by atoms with van der Waals surface area (Å²) in [6, 6.07) is 4.37. The van der Waals surface area contributed by atoms with Gasteiger partial charge in [0.25, 0.3) is 0 Å². The fourth-order valence-electron chi connectivity index (χ4n) is 4.71. The number of hydrogen-bond donors (Lipinski definition) is 3. The van der Waals surface area contributed by atoms with Gasteiger partial charge in [0, 0.05) is 11.8 Å². The number of hydrogen-bond acceptors (Lipinski definition) is 5.